The molecule has 4 nitrogen and oxygen atoms in total. The van der Waals surface area contributed by atoms with Crippen LogP contribution in [0, 0.1) is 0 Å². The molecule has 0 fully saturated rings. The molecule has 2 heterocycles. The monoisotopic (exact) mass is 372 g/mol. The van der Waals surface area contributed by atoms with E-state index in [2.05, 4.69) is 18.9 Å². The van der Waals surface area contributed by atoms with Crippen molar-refractivity contribution >= 4 is 45.1 Å². The van der Waals surface area contributed by atoms with Crippen LogP contribution < -0.4 is 5.43 Å². The number of hydrogen-bond acceptors (Lipinski definition) is 3. The minimum atomic E-state index is -0.205. The van der Waals surface area contributed by atoms with E-state index in [9.17, 15) is 4.79 Å². The molecule has 0 aliphatic carbocycles. The minimum absolute atomic E-state index is 0.174. The highest BCUT2D eigenvalue weighted by atomic mass is 35.5. The smallest absolute Gasteiger partial charge is 0.193 e. The van der Waals surface area contributed by atoms with E-state index in [-0.39, 0.29) is 11.5 Å². The summed E-state index contributed by atoms with van der Waals surface area (Å²) in [4.78, 5) is 12.5. The Kier molecular flexibility index (Phi) is 3.82. The van der Waals surface area contributed by atoms with Crippen molar-refractivity contribution in [2.24, 2.45) is 0 Å². The van der Waals surface area contributed by atoms with Crippen molar-refractivity contribution in [1.29, 1.82) is 0 Å². The van der Waals surface area contributed by atoms with Crippen molar-refractivity contribution in [3.8, 4) is 11.5 Å². The fourth-order valence-electron chi connectivity index (χ4n) is 2.96. The zero-order valence-electron chi connectivity index (χ0n) is 13.6. The maximum Gasteiger partial charge on any atom is 0.193 e. The van der Waals surface area contributed by atoms with Gasteiger partial charge in [0.2, 0.25) is 0 Å². The van der Waals surface area contributed by atoms with Gasteiger partial charge in [-0.15, -0.1) is 0 Å². The van der Waals surface area contributed by atoms with Gasteiger partial charge in [0, 0.05) is 22.5 Å². The minimum Gasteiger partial charge on any atom is -0.452 e. The first-order valence-electron chi connectivity index (χ1n) is 7.86. The molecule has 0 saturated heterocycles. The Morgan fingerprint density at radius 3 is 2.60 bits per heavy atom. The summed E-state index contributed by atoms with van der Waals surface area (Å²) in [5, 5.41) is 6.64. The number of fused-ring (bicyclic) bond motifs is 2. The van der Waals surface area contributed by atoms with Crippen molar-refractivity contribution in [3.05, 3.63) is 62.7 Å². The van der Waals surface area contributed by atoms with E-state index in [1.165, 1.54) is 6.07 Å². The summed E-state index contributed by atoms with van der Waals surface area (Å²) >= 11 is 12.2. The van der Waals surface area contributed by atoms with Crippen LogP contribution in [0.25, 0.3) is 33.3 Å². The lowest BCUT2D eigenvalue weighted by atomic mass is 10.1. The molecule has 4 aromatic rings. The Bertz CT molecular complexity index is 1180. The van der Waals surface area contributed by atoms with Crippen LogP contribution in [0.2, 0.25) is 10.0 Å². The molecule has 0 radical (unpaired) electrons. The van der Waals surface area contributed by atoms with Crippen LogP contribution in [0.15, 0.2) is 51.7 Å². The summed E-state index contributed by atoms with van der Waals surface area (Å²) in [6.07, 6.45) is 0. The second-order valence-electron chi connectivity index (χ2n) is 6.14. The van der Waals surface area contributed by atoms with Crippen molar-refractivity contribution in [3.63, 3.8) is 0 Å². The van der Waals surface area contributed by atoms with Gasteiger partial charge in [-0.3, -0.25) is 9.48 Å². The van der Waals surface area contributed by atoms with Crippen LogP contribution in [0.4, 0.5) is 0 Å². The molecule has 6 heteroatoms. The van der Waals surface area contributed by atoms with Crippen LogP contribution in [0.3, 0.4) is 0 Å². The highest BCUT2D eigenvalue weighted by molar-refractivity contribution is 6.38. The van der Waals surface area contributed by atoms with Crippen LogP contribution in [0.1, 0.15) is 19.9 Å². The summed E-state index contributed by atoms with van der Waals surface area (Å²) in [7, 11) is 0. The Morgan fingerprint density at radius 2 is 1.84 bits per heavy atom. The molecular formula is C19H14Cl2N2O2. The number of halogens is 2. The van der Waals surface area contributed by atoms with Gasteiger partial charge < -0.3 is 4.42 Å². The van der Waals surface area contributed by atoms with Crippen molar-refractivity contribution < 1.29 is 4.42 Å². The molecule has 2 aromatic heterocycles. The third kappa shape index (κ3) is 2.62. The van der Waals surface area contributed by atoms with Crippen molar-refractivity contribution in [2.45, 2.75) is 19.9 Å². The first-order chi connectivity index (χ1) is 12.0. The van der Waals surface area contributed by atoms with E-state index in [0.717, 1.165) is 10.9 Å². The number of hydrogen-bond donors (Lipinski definition) is 0. The Morgan fingerprint density at radius 1 is 1.08 bits per heavy atom. The summed E-state index contributed by atoms with van der Waals surface area (Å²) in [6, 6.07) is 12.6. The zero-order valence-corrected chi connectivity index (χ0v) is 15.1. The van der Waals surface area contributed by atoms with E-state index in [1.54, 1.807) is 12.1 Å². The zero-order chi connectivity index (χ0) is 17.7. The van der Waals surface area contributed by atoms with E-state index in [4.69, 9.17) is 27.6 Å². The normalized spacial score (nSPS) is 11.7. The Balaban J connectivity index is 2.06. The first kappa shape index (κ1) is 16.2. The predicted molar refractivity (Wildman–Crippen MR) is 102 cm³/mol. The summed E-state index contributed by atoms with van der Waals surface area (Å²) in [5.74, 6) is 0.386. The molecule has 0 aliphatic heterocycles. The fourth-order valence-corrected chi connectivity index (χ4v) is 3.50. The lowest BCUT2D eigenvalue weighted by molar-refractivity contribution is 0.547. The van der Waals surface area contributed by atoms with Crippen molar-refractivity contribution in [2.75, 3.05) is 0 Å². The quantitative estimate of drug-likeness (QED) is 0.453. The van der Waals surface area contributed by atoms with Gasteiger partial charge in [0.1, 0.15) is 5.69 Å². The topological polar surface area (TPSA) is 48.0 Å². The maximum atomic E-state index is 12.5. The Labute approximate surface area is 153 Å². The third-order valence-corrected chi connectivity index (χ3v) is 4.58. The standard InChI is InChI=1S/C19H14Cl2N2O2/c1-10(2)23-15-6-4-3-5-12(15)18(22-23)17-9-16(24)13-7-11(20)8-14(21)19(13)25-17/h3-10H,1-2H3. The molecule has 0 N–H and O–H groups in total. The highest BCUT2D eigenvalue weighted by Gasteiger charge is 2.18. The van der Waals surface area contributed by atoms with E-state index >= 15 is 0 Å². The van der Waals surface area contributed by atoms with Gasteiger partial charge >= 0.3 is 0 Å². The lowest BCUT2D eigenvalue weighted by Gasteiger charge is -2.06. The molecule has 0 saturated carbocycles. The van der Waals surface area contributed by atoms with E-state index < -0.39 is 0 Å². The number of para-hydroxylation sites is 1. The van der Waals surface area contributed by atoms with Crippen molar-refractivity contribution in [1.82, 2.24) is 9.78 Å². The average molecular weight is 373 g/mol. The predicted octanol–water partition coefficient (Wildman–Crippen LogP) is 5.70. The van der Waals surface area contributed by atoms with E-state index in [0.29, 0.717) is 32.5 Å². The number of benzene rings is 2. The molecule has 0 aliphatic rings. The SMILES string of the molecule is CC(C)n1nc(-c2cc(=O)c3cc(Cl)cc(Cl)c3o2)c2ccccc21. The molecule has 126 valence electrons. The summed E-state index contributed by atoms with van der Waals surface area (Å²) < 4.78 is 7.86. The van der Waals surface area contributed by atoms with Gasteiger partial charge in [-0.1, -0.05) is 41.4 Å². The molecule has 4 rings (SSSR count). The summed E-state index contributed by atoms with van der Waals surface area (Å²) in [5.41, 5.74) is 1.72. The highest BCUT2D eigenvalue weighted by Crippen LogP contribution is 2.33. The summed E-state index contributed by atoms with van der Waals surface area (Å²) in [6.45, 7) is 4.11. The van der Waals surface area contributed by atoms with Gasteiger partial charge in [-0.05, 0) is 32.0 Å². The van der Waals surface area contributed by atoms with Gasteiger partial charge in [0.25, 0.3) is 0 Å². The molecule has 25 heavy (non-hydrogen) atoms. The van der Waals surface area contributed by atoms with Crippen LogP contribution in [-0.4, -0.2) is 9.78 Å². The second kappa shape index (κ2) is 5.90. The molecule has 2 aromatic carbocycles. The lowest BCUT2D eigenvalue weighted by Crippen LogP contribution is -2.03. The molecule has 0 bridgehead atoms. The molecule has 0 spiro atoms. The maximum absolute atomic E-state index is 12.5. The first-order valence-corrected chi connectivity index (χ1v) is 8.62. The number of aromatic nitrogens is 2. The van der Waals surface area contributed by atoms with Crippen LogP contribution in [-0.2, 0) is 0 Å². The van der Waals surface area contributed by atoms with Gasteiger partial charge in [0.05, 0.1) is 15.9 Å². The third-order valence-electron chi connectivity index (χ3n) is 4.08. The van der Waals surface area contributed by atoms with Crippen LogP contribution in [0.5, 0.6) is 0 Å². The number of nitrogens with zero attached hydrogens (tertiary/aromatic N) is 2. The largest absolute Gasteiger partial charge is 0.452 e. The molecular weight excluding hydrogens is 359 g/mol. The molecule has 0 atom stereocenters. The van der Waals surface area contributed by atoms with Gasteiger partial charge in [-0.25, -0.2) is 0 Å². The van der Waals surface area contributed by atoms with Crippen LogP contribution >= 0.6 is 23.2 Å². The second-order valence-corrected chi connectivity index (χ2v) is 6.99. The van der Waals surface area contributed by atoms with E-state index in [1.807, 2.05) is 28.9 Å². The van der Waals surface area contributed by atoms with Gasteiger partial charge in [0.15, 0.2) is 16.8 Å². The molecule has 0 unspecified atom stereocenters. The molecule has 0 amide bonds. The Hall–Kier alpha value is -2.30. The fraction of sp³-hybridized carbons (Fsp3) is 0.158. The average Bonchev–Trinajstić information content (AvgIpc) is 2.95. The van der Waals surface area contributed by atoms with Gasteiger partial charge in [-0.2, -0.15) is 5.10 Å². The number of rotatable bonds is 2.